The first-order valence-corrected chi connectivity index (χ1v) is 4.24. The zero-order chi connectivity index (χ0) is 9.10. The molecule has 0 unspecified atom stereocenters. The molecule has 0 aliphatic heterocycles. The Kier molecular flexibility index (Phi) is 2.04. The van der Waals surface area contributed by atoms with Gasteiger partial charge >= 0.3 is 5.95 Å². The van der Waals surface area contributed by atoms with E-state index in [1.165, 1.54) is 0 Å². The molecule has 66 valence electrons. The van der Waals surface area contributed by atoms with Crippen molar-refractivity contribution in [2.75, 3.05) is 0 Å². The van der Waals surface area contributed by atoms with Crippen LogP contribution in [0.2, 0.25) is 0 Å². The van der Waals surface area contributed by atoms with Gasteiger partial charge in [-0.1, -0.05) is 0 Å². The minimum atomic E-state index is 0.703. The molecule has 0 amide bonds. The molecule has 0 aliphatic carbocycles. The third-order valence-corrected chi connectivity index (χ3v) is 1.84. The molecule has 0 saturated heterocycles. The summed E-state index contributed by atoms with van der Waals surface area (Å²) in [6, 6.07) is 1.81. The summed E-state index contributed by atoms with van der Waals surface area (Å²) < 4.78 is 3.96. The first-order chi connectivity index (χ1) is 6.40. The van der Waals surface area contributed by atoms with Gasteiger partial charge in [-0.3, -0.25) is 0 Å². The summed E-state index contributed by atoms with van der Waals surface area (Å²) in [7, 11) is 0. The highest BCUT2D eigenvalue weighted by atomic mass is 15.2. The van der Waals surface area contributed by atoms with Crippen LogP contribution < -0.4 is 4.57 Å². The summed E-state index contributed by atoms with van der Waals surface area (Å²) in [6.07, 6.45) is 9.38. The van der Waals surface area contributed by atoms with Crippen molar-refractivity contribution in [3.63, 3.8) is 0 Å². The molecule has 2 rings (SSSR count). The van der Waals surface area contributed by atoms with Gasteiger partial charge in [0.15, 0.2) is 0 Å². The van der Waals surface area contributed by atoms with E-state index in [4.69, 9.17) is 0 Å². The molecule has 0 saturated carbocycles. The molecule has 4 heteroatoms. The lowest BCUT2D eigenvalue weighted by Gasteiger charge is -1.90. The van der Waals surface area contributed by atoms with Gasteiger partial charge in [-0.2, -0.15) is 14.5 Å². The summed E-state index contributed by atoms with van der Waals surface area (Å²) >= 11 is 0. The lowest BCUT2D eigenvalue weighted by Crippen LogP contribution is -2.28. The van der Waals surface area contributed by atoms with Crippen molar-refractivity contribution in [2.45, 2.75) is 13.5 Å². The fraction of sp³-hybridized carbons (Fsp3) is 0.222. The van der Waals surface area contributed by atoms with Crippen molar-refractivity contribution in [3.8, 4) is 5.95 Å². The van der Waals surface area contributed by atoms with Gasteiger partial charge in [-0.15, -0.1) is 0 Å². The van der Waals surface area contributed by atoms with Crippen molar-refractivity contribution < 1.29 is 4.57 Å². The average molecular weight is 175 g/mol. The fourth-order valence-electron chi connectivity index (χ4n) is 1.12. The number of aryl methyl sites for hydroxylation is 1. The molecule has 0 bridgehead atoms. The Bertz CT molecular complexity index is 380. The molecular weight excluding hydrogens is 164 g/mol. The van der Waals surface area contributed by atoms with Gasteiger partial charge in [-0.05, 0) is 13.0 Å². The summed E-state index contributed by atoms with van der Waals surface area (Å²) in [4.78, 5) is 8.27. The van der Waals surface area contributed by atoms with Crippen LogP contribution in [0.1, 0.15) is 6.92 Å². The molecule has 0 N–H and O–H groups in total. The lowest BCUT2D eigenvalue weighted by atomic mass is 10.7. The van der Waals surface area contributed by atoms with Gasteiger partial charge in [0.1, 0.15) is 12.4 Å². The van der Waals surface area contributed by atoms with Crippen LogP contribution in [0.15, 0.2) is 37.2 Å². The molecule has 0 aliphatic rings. The van der Waals surface area contributed by atoms with Gasteiger partial charge in [0.25, 0.3) is 6.33 Å². The van der Waals surface area contributed by atoms with Crippen LogP contribution in [0.4, 0.5) is 0 Å². The zero-order valence-electron chi connectivity index (χ0n) is 7.46. The summed E-state index contributed by atoms with van der Waals surface area (Å²) in [5.41, 5.74) is 0. The van der Waals surface area contributed by atoms with Crippen molar-refractivity contribution in [1.82, 2.24) is 14.5 Å². The molecule has 4 nitrogen and oxygen atoms in total. The number of rotatable bonds is 2. The van der Waals surface area contributed by atoms with Crippen molar-refractivity contribution >= 4 is 0 Å². The highest BCUT2D eigenvalue weighted by Gasteiger charge is 2.05. The Morgan fingerprint density at radius 3 is 2.77 bits per heavy atom. The van der Waals surface area contributed by atoms with E-state index in [1.807, 2.05) is 23.3 Å². The van der Waals surface area contributed by atoms with Crippen molar-refractivity contribution in [2.24, 2.45) is 0 Å². The normalized spacial score (nSPS) is 10.2. The van der Waals surface area contributed by atoms with Gasteiger partial charge in [0, 0.05) is 12.4 Å². The smallest absolute Gasteiger partial charge is 0.237 e. The topological polar surface area (TPSA) is 34.6 Å². The Morgan fingerprint density at radius 2 is 2.15 bits per heavy atom. The maximum atomic E-state index is 4.14. The number of nitrogens with zero attached hydrogens (tertiary/aromatic N) is 4. The Hall–Kier alpha value is -1.71. The second-order valence-electron chi connectivity index (χ2n) is 2.70. The highest BCUT2D eigenvalue weighted by Crippen LogP contribution is 1.95. The second kappa shape index (κ2) is 3.35. The standard InChI is InChI=1S/C9H11N4/c1-2-12-6-7-13(8-12)9-10-4-3-5-11-9/h3-8H,2H2,1H3/q+1. The largest absolute Gasteiger partial charge is 0.325 e. The van der Waals surface area contributed by atoms with Crippen LogP contribution in [0, 0.1) is 0 Å². The van der Waals surface area contributed by atoms with Gasteiger partial charge in [0.05, 0.1) is 6.54 Å². The minimum Gasteiger partial charge on any atom is -0.237 e. The SMILES string of the molecule is CC[n+]1ccn(-c2ncccn2)c1. The molecule has 13 heavy (non-hydrogen) atoms. The van der Waals surface area contributed by atoms with Crippen LogP contribution in [0.5, 0.6) is 0 Å². The highest BCUT2D eigenvalue weighted by molar-refractivity contribution is 5.07. The summed E-state index contributed by atoms with van der Waals surface area (Å²) in [5.74, 6) is 0.703. The quantitative estimate of drug-likeness (QED) is 0.625. The van der Waals surface area contributed by atoms with E-state index in [0.29, 0.717) is 5.95 Å². The lowest BCUT2D eigenvalue weighted by molar-refractivity contribution is -0.692. The van der Waals surface area contributed by atoms with Crippen LogP contribution >= 0.6 is 0 Å². The predicted octanol–water partition coefficient (Wildman–Crippen LogP) is 0.575. The number of aromatic nitrogens is 4. The average Bonchev–Trinajstić information content (AvgIpc) is 2.67. The zero-order valence-corrected chi connectivity index (χ0v) is 7.46. The Labute approximate surface area is 76.5 Å². The molecular formula is C9H11N4+. The van der Waals surface area contributed by atoms with Crippen molar-refractivity contribution in [1.29, 1.82) is 0 Å². The third kappa shape index (κ3) is 1.56. The molecule has 2 aromatic heterocycles. The van der Waals surface area contributed by atoms with E-state index in [2.05, 4.69) is 21.5 Å². The van der Waals surface area contributed by atoms with Crippen molar-refractivity contribution in [3.05, 3.63) is 37.2 Å². The van der Waals surface area contributed by atoms with Crippen LogP contribution in [-0.4, -0.2) is 14.5 Å². The van der Waals surface area contributed by atoms with E-state index in [0.717, 1.165) is 6.54 Å². The van der Waals surface area contributed by atoms with E-state index < -0.39 is 0 Å². The predicted molar refractivity (Wildman–Crippen MR) is 47.2 cm³/mol. The Morgan fingerprint density at radius 1 is 1.38 bits per heavy atom. The fourth-order valence-corrected chi connectivity index (χ4v) is 1.12. The van der Waals surface area contributed by atoms with E-state index in [9.17, 15) is 0 Å². The van der Waals surface area contributed by atoms with Crippen LogP contribution in [0.25, 0.3) is 5.95 Å². The maximum absolute atomic E-state index is 4.14. The Balaban J connectivity index is 2.36. The molecule has 0 aromatic carbocycles. The molecule has 2 heterocycles. The minimum absolute atomic E-state index is 0.703. The second-order valence-corrected chi connectivity index (χ2v) is 2.70. The first kappa shape index (κ1) is 7.91. The van der Waals surface area contributed by atoms with Gasteiger partial charge < -0.3 is 0 Å². The third-order valence-electron chi connectivity index (χ3n) is 1.84. The molecule has 2 aromatic rings. The van der Waals surface area contributed by atoms with Crippen LogP contribution in [0.3, 0.4) is 0 Å². The molecule has 0 spiro atoms. The summed E-state index contributed by atoms with van der Waals surface area (Å²) in [5, 5.41) is 0. The molecule has 0 fully saturated rings. The maximum Gasteiger partial charge on any atom is 0.325 e. The molecule has 0 atom stereocenters. The molecule has 0 radical (unpaired) electrons. The van der Waals surface area contributed by atoms with Gasteiger partial charge in [0.2, 0.25) is 0 Å². The summed E-state index contributed by atoms with van der Waals surface area (Å²) in [6.45, 7) is 3.05. The monoisotopic (exact) mass is 175 g/mol. The van der Waals surface area contributed by atoms with Gasteiger partial charge in [-0.25, -0.2) is 4.57 Å². The first-order valence-electron chi connectivity index (χ1n) is 4.24. The van der Waals surface area contributed by atoms with E-state index >= 15 is 0 Å². The van der Waals surface area contributed by atoms with E-state index in [-0.39, 0.29) is 0 Å². The van der Waals surface area contributed by atoms with E-state index in [1.54, 1.807) is 18.5 Å². The van der Waals surface area contributed by atoms with Crippen LogP contribution in [-0.2, 0) is 6.54 Å². The number of imidazole rings is 1. The number of hydrogen-bond acceptors (Lipinski definition) is 2. The number of hydrogen-bond donors (Lipinski definition) is 0.